The first-order chi connectivity index (χ1) is 12.5. The molecule has 0 bridgehead atoms. The monoisotopic (exact) mass is 376 g/mol. The van der Waals surface area contributed by atoms with Gasteiger partial charge in [0.15, 0.2) is 0 Å². The third-order valence-corrected chi connectivity index (χ3v) is 4.73. The summed E-state index contributed by atoms with van der Waals surface area (Å²) in [6.45, 7) is 2.86. The van der Waals surface area contributed by atoms with Gasteiger partial charge in [-0.1, -0.05) is 35.9 Å². The van der Waals surface area contributed by atoms with Crippen LogP contribution in [0.2, 0.25) is 5.02 Å². The van der Waals surface area contributed by atoms with Gasteiger partial charge >= 0.3 is 0 Å². The molecule has 0 saturated carbocycles. The minimum Gasteiger partial charge on any atom is -0.497 e. The molecule has 1 N–H and O–H groups in total. The molecule has 0 heterocycles. The van der Waals surface area contributed by atoms with E-state index in [4.69, 9.17) is 21.1 Å². The maximum absolute atomic E-state index is 12.5. The minimum atomic E-state index is -0.302. The van der Waals surface area contributed by atoms with Gasteiger partial charge < -0.3 is 14.8 Å². The highest BCUT2D eigenvalue weighted by Gasteiger charge is 2.19. The first-order valence-corrected chi connectivity index (χ1v) is 8.76. The van der Waals surface area contributed by atoms with Gasteiger partial charge in [0, 0.05) is 29.7 Å². The normalized spacial score (nSPS) is 11.9. The first-order valence-electron chi connectivity index (χ1n) is 8.38. The van der Waals surface area contributed by atoms with E-state index in [9.17, 15) is 4.79 Å². The van der Waals surface area contributed by atoms with Crippen LogP contribution in [0, 0.1) is 0 Å². The second-order valence-electron chi connectivity index (χ2n) is 6.08. The smallest absolute Gasteiger partial charge is 0.237 e. The van der Waals surface area contributed by atoms with Crippen molar-refractivity contribution in [2.24, 2.45) is 0 Å². The van der Waals surface area contributed by atoms with Gasteiger partial charge in [0.2, 0.25) is 5.91 Å². The third-order valence-electron chi connectivity index (χ3n) is 4.37. The highest BCUT2D eigenvalue weighted by Crippen LogP contribution is 2.26. The number of hydrogen-bond donors (Lipinski definition) is 1. The van der Waals surface area contributed by atoms with E-state index >= 15 is 0 Å². The van der Waals surface area contributed by atoms with Crippen LogP contribution in [0.3, 0.4) is 0 Å². The molecule has 0 aromatic heterocycles. The van der Waals surface area contributed by atoms with Gasteiger partial charge in [0.25, 0.3) is 0 Å². The first kappa shape index (κ1) is 20.1. The molecule has 0 aliphatic rings. The van der Waals surface area contributed by atoms with Crippen molar-refractivity contribution < 1.29 is 14.3 Å². The van der Waals surface area contributed by atoms with Gasteiger partial charge in [-0.15, -0.1) is 0 Å². The lowest BCUT2D eigenvalue weighted by Gasteiger charge is -2.25. The Morgan fingerprint density at radius 1 is 1.15 bits per heavy atom. The van der Waals surface area contributed by atoms with Crippen molar-refractivity contribution in [3.63, 3.8) is 0 Å². The van der Waals surface area contributed by atoms with E-state index in [-0.39, 0.29) is 11.9 Å². The lowest BCUT2D eigenvalue weighted by molar-refractivity contribution is -0.125. The van der Waals surface area contributed by atoms with Crippen LogP contribution in [0.25, 0.3) is 0 Å². The van der Waals surface area contributed by atoms with Crippen molar-refractivity contribution in [2.45, 2.75) is 26.1 Å². The molecular weight excluding hydrogens is 352 g/mol. The van der Waals surface area contributed by atoms with E-state index in [0.717, 1.165) is 22.6 Å². The molecule has 0 aliphatic carbocycles. The van der Waals surface area contributed by atoms with Crippen LogP contribution >= 0.6 is 11.6 Å². The molecule has 1 atom stereocenters. The summed E-state index contributed by atoms with van der Waals surface area (Å²) in [4.78, 5) is 14.4. The lowest BCUT2D eigenvalue weighted by atomic mass is 10.1. The van der Waals surface area contributed by atoms with Gasteiger partial charge in [0.1, 0.15) is 11.5 Å². The molecule has 140 valence electrons. The number of amides is 1. The quantitative estimate of drug-likeness (QED) is 0.766. The Morgan fingerprint density at radius 3 is 2.54 bits per heavy atom. The third kappa shape index (κ3) is 5.13. The highest BCUT2D eigenvalue weighted by atomic mass is 35.5. The van der Waals surface area contributed by atoms with Crippen LogP contribution in [0.4, 0.5) is 0 Å². The minimum absolute atomic E-state index is 0.0556. The van der Waals surface area contributed by atoms with E-state index < -0.39 is 0 Å². The largest absolute Gasteiger partial charge is 0.497 e. The van der Waals surface area contributed by atoms with E-state index in [0.29, 0.717) is 18.1 Å². The Labute approximate surface area is 159 Å². The van der Waals surface area contributed by atoms with Crippen LogP contribution < -0.4 is 14.8 Å². The summed E-state index contributed by atoms with van der Waals surface area (Å²) < 4.78 is 10.6. The van der Waals surface area contributed by atoms with Crippen LogP contribution in [-0.2, 0) is 17.9 Å². The Balaban J connectivity index is 1.97. The predicted molar refractivity (Wildman–Crippen MR) is 104 cm³/mol. The fourth-order valence-electron chi connectivity index (χ4n) is 2.56. The van der Waals surface area contributed by atoms with E-state index in [2.05, 4.69) is 5.32 Å². The second-order valence-corrected chi connectivity index (χ2v) is 6.49. The van der Waals surface area contributed by atoms with Crippen molar-refractivity contribution in [1.82, 2.24) is 10.2 Å². The number of nitrogens with one attached hydrogen (secondary N) is 1. The maximum atomic E-state index is 12.5. The fraction of sp³-hybridized carbons (Fsp3) is 0.350. The summed E-state index contributed by atoms with van der Waals surface area (Å²) in [5.41, 5.74) is 1.88. The molecule has 6 heteroatoms. The number of halogens is 1. The van der Waals surface area contributed by atoms with Gasteiger partial charge in [-0.25, -0.2) is 0 Å². The number of rotatable bonds is 8. The molecule has 1 unspecified atom stereocenters. The fourth-order valence-corrected chi connectivity index (χ4v) is 2.76. The van der Waals surface area contributed by atoms with Crippen molar-refractivity contribution in [2.75, 3.05) is 21.3 Å². The van der Waals surface area contributed by atoms with Crippen molar-refractivity contribution in [1.29, 1.82) is 0 Å². The van der Waals surface area contributed by atoms with Gasteiger partial charge in [-0.3, -0.25) is 9.69 Å². The van der Waals surface area contributed by atoms with Crippen molar-refractivity contribution >= 4 is 17.5 Å². The topological polar surface area (TPSA) is 50.8 Å². The van der Waals surface area contributed by atoms with Crippen LogP contribution in [0.5, 0.6) is 11.5 Å². The SMILES string of the molecule is COc1ccc(CN(C)C(C)C(=O)NCc2ccccc2Cl)c(OC)c1. The summed E-state index contributed by atoms with van der Waals surface area (Å²) in [6.07, 6.45) is 0. The Hall–Kier alpha value is -2.24. The molecule has 0 spiro atoms. The number of benzene rings is 2. The highest BCUT2D eigenvalue weighted by molar-refractivity contribution is 6.31. The molecule has 2 rings (SSSR count). The molecule has 0 fully saturated rings. The van der Waals surface area contributed by atoms with Crippen LogP contribution in [-0.4, -0.2) is 38.1 Å². The molecular formula is C20H25ClN2O3. The Morgan fingerprint density at radius 2 is 1.88 bits per heavy atom. The molecule has 1 amide bonds. The molecule has 0 aliphatic heterocycles. The molecule has 26 heavy (non-hydrogen) atoms. The number of methoxy groups -OCH3 is 2. The van der Waals surface area contributed by atoms with Gasteiger partial charge in [-0.2, -0.15) is 0 Å². The van der Waals surface area contributed by atoms with E-state index in [1.54, 1.807) is 14.2 Å². The Kier molecular flexibility index (Phi) is 7.30. The number of carbonyl (C=O) groups is 1. The molecule has 5 nitrogen and oxygen atoms in total. The zero-order valence-corrected chi connectivity index (χ0v) is 16.3. The van der Waals surface area contributed by atoms with Crippen molar-refractivity contribution in [3.8, 4) is 11.5 Å². The average molecular weight is 377 g/mol. The molecule has 0 saturated heterocycles. The molecule has 2 aromatic rings. The van der Waals surface area contributed by atoms with E-state index in [1.807, 2.05) is 61.3 Å². The number of carbonyl (C=O) groups excluding carboxylic acids is 1. The van der Waals surface area contributed by atoms with Crippen LogP contribution in [0.1, 0.15) is 18.1 Å². The summed E-state index contributed by atoms with van der Waals surface area (Å²) in [5, 5.41) is 3.59. The summed E-state index contributed by atoms with van der Waals surface area (Å²) in [6, 6.07) is 12.9. The number of hydrogen-bond acceptors (Lipinski definition) is 4. The number of nitrogens with zero attached hydrogens (tertiary/aromatic N) is 1. The zero-order chi connectivity index (χ0) is 19.1. The standard InChI is InChI=1S/C20H25ClN2O3/c1-14(20(24)22-12-15-7-5-6-8-18(15)21)23(2)13-16-9-10-17(25-3)11-19(16)26-4/h5-11,14H,12-13H2,1-4H3,(H,22,24). The number of ether oxygens (including phenoxy) is 2. The lowest BCUT2D eigenvalue weighted by Crippen LogP contribution is -2.42. The molecule has 2 aromatic carbocycles. The number of likely N-dealkylation sites (N-methyl/N-ethyl adjacent to an activating group) is 1. The maximum Gasteiger partial charge on any atom is 0.237 e. The van der Waals surface area contributed by atoms with Crippen LogP contribution in [0.15, 0.2) is 42.5 Å². The Bertz CT molecular complexity index is 752. The average Bonchev–Trinajstić information content (AvgIpc) is 2.66. The molecule has 0 radical (unpaired) electrons. The van der Waals surface area contributed by atoms with Gasteiger partial charge in [-0.05, 0) is 31.7 Å². The van der Waals surface area contributed by atoms with Gasteiger partial charge in [0.05, 0.1) is 20.3 Å². The second kappa shape index (κ2) is 9.46. The van der Waals surface area contributed by atoms with E-state index in [1.165, 1.54) is 0 Å². The summed E-state index contributed by atoms with van der Waals surface area (Å²) >= 11 is 6.13. The van der Waals surface area contributed by atoms with Crippen molar-refractivity contribution in [3.05, 3.63) is 58.6 Å². The zero-order valence-electron chi connectivity index (χ0n) is 15.6. The predicted octanol–water partition coefficient (Wildman–Crippen LogP) is 3.49. The summed E-state index contributed by atoms with van der Waals surface area (Å²) in [5.74, 6) is 1.42. The summed E-state index contributed by atoms with van der Waals surface area (Å²) in [7, 11) is 5.15.